The zero-order valence-electron chi connectivity index (χ0n) is 10.2. The molecule has 1 amide bonds. The number of carbonyl (C=O) groups excluding carboxylic acids is 1. The summed E-state index contributed by atoms with van der Waals surface area (Å²) in [4.78, 5) is 11.6. The van der Waals surface area contributed by atoms with Gasteiger partial charge in [-0.25, -0.2) is 5.14 Å². The van der Waals surface area contributed by atoms with E-state index in [0.717, 1.165) is 6.42 Å². The Morgan fingerprint density at radius 3 is 2.58 bits per heavy atom. The predicted octanol–water partition coefficient (Wildman–Crippen LogP) is 1.65. The number of halogens is 1. The number of hydrogen-bond acceptors (Lipinski definition) is 3. The lowest BCUT2D eigenvalue weighted by atomic mass is 10.2. The number of nitrogens with one attached hydrogen (secondary N) is 2. The van der Waals surface area contributed by atoms with Crippen LogP contribution < -0.4 is 15.2 Å². The summed E-state index contributed by atoms with van der Waals surface area (Å²) in [6.07, 6.45) is 1.87. The molecule has 19 heavy (non-hydrogen) atoms. The molecule has 1 aromatic rings. The van der Waals surface area contributed by atoms with E-state index >= 15 is 0 Å². The van der Waals surface area contributed by atoms with Gasteiger partial charge in [-0.2, -0.15) is 8.42 Å². The van der Waals surface area contributed by atoms with Crippen molar-refractivity contribution in [2.45, 2.75) is 19.3 Å². The van der Waals surface area contributed by atoms with Gasteiger partial charge in [0.15, 0.2) is 0 Å². The van der Waals surface area contributed by atoms with Crippen LogP contribution in [-0.2, 0) is 15.0 Å². The van der Waals surface area contributed by atoms with E-state index < -0.39 is 10.2 Å². The summed E-state index contributed by atoms with van der Waals surface area (Å²) in [5, 5.41) is 7.53. The first-order valence-corrected chi connectivity index (χ1v) is 7.75. The third-order valence-electron chi connectivity index (χ3n) is 2.19. The van der Waals surface area contributed by atoms with Crippen LogP contribution in [0.25, 0.3) is 0 Å². The molecule has 0 atom stereocenters. The maximum Gasteiger partial charge on any atom is 0.296 e. The van der Waals surface area contributed by atoms with Gasteiger partial charge in [0, 0.05) is 18.0 Å². The minimum Gasteiger partial charge on any atom is -0.326 e. The lowest BCUT2D eigenvalue weighted by Crippen LogP contribution is -2.21. The van der Waals surface area contributed by atoms with Crippen LogP contribution in [0, 0.1) is 0 Å². The van der Waals surface area contributed by atoms with Crippen LogP contribution >= 0.6 is 11.6 Å². The quantitative estimate of drug-likeness (QED) is 0.527. The molecule has 0 fully saturated rings. The molecule has 0 aliphatic heterocycles. The molecule has 0 heterocycles. The molecule has 0 saturated carbocycles. The summed E-state index contributed by atoms with van der Waals surface area (Å²) in [5.41, 5.74) is 0.797. The molecule has 0 aromatic heterocycles. The number of nitrogens with two attached hydrogens (primary N) is 1. The highest BCUT2D eigenvalue weighted by Crippen LogP contribution is 2.16. The first-order chi connectivity index (χ1) is 8.90. The minimum atomic E-state index is -3.82. The molecule has 106 valence electrons. The van der Waals surface area contributed by atoms with Crippen molar-refractivity contribution in [1.82, 2.24) is 0 Å². The second-order valence-electron chi connectivity index (χ2n) is 3.92. The number of carbonyl (C=O) groups is 1. The van der Waals surface area contributed by atoms with E-state index in [1.54, 1.807) is 12.1 Å². The number of unbranched alkanes of at least 4 members (excludes halogenated alkanes) is 1. The average Bonchev–Trinajstić information content (AvgIpc) is 2.27. The second-order valence-corrected chi connectivity index (χ2v) is 5.59. The van der Waals surface area contributed by atoms with Gasteiger partial charge in [0.05, 0.1) is 5.69 Å². The van der Waals surface area contributed by atoms with E-state index in [4.69, 9.17) is 16.7 Å². The molecule has 8 heteroatoms. The summed E-state index contributed by atoms with van der Waals surface area (Å²) in [6.45, 7) is 0. The summed E-state index contributed by atoms with van der Waals surface area (Å²) in [6, 6.07) is 6.30. The first kappa shape index (κ1) is 15.7. The van der Waals surface area contributed by atoms with Crippen molar-refractivity contribution in [1.29, 1.82) is 0 Å². The Morgan fingerprint density at radius 2 is 1.95 bits per heavy atom. The van der Waals surface area contributed by atoms with Crippen molar-refractivity contribution in [3.05, 3.63) is 24.3 Å². The third-order valence-corrected chi connectivity index (χ3v) is 2.98. The van der Waals surface area contributed by atoms with Gasteiger partial charge in [0.2, 0.25) is 5.91 Å². The van der Waals surface area contributed by atoms with Gasteiger partial charge in [-0.15, -0.1) is 11.6 Å². The van der Waals surface area contributed by atoms with Crippen LogP contribution in [0.4, 0.5) is 11.4 Å². The molecule has 0 aliphatic carbocycles. The Kier molecular flexibility index (Phi) is 6.07. The highest BCUT2D eigenvalue weighted by atomic mass is 35.5. The van der Waals surface area contributed by atoms with Gasteiger partial charge in [-0.3, -0.25) is 9.52 Å². The fourth-order valence-electron chi connectivity index (χ4n) is 1.43. The third kappa shape index (κ3) is 7.00. The standard InChI is InChI=1S/C11H16ClN3O3S/c12-7-2-1-6-11(16)14-9-4-3-5-10(8-9)15-19(13,17)18/h3-5,8,15H,1-2,6-7H2,(H,14,16)(H2,13,17,18). The topological polar surface area (TPSA) is 101 Å². The van der Waals surface area contributed by atoms with Crippen LogP contribution in [0.2, 0.25) is 0 Å². The van der Waals surface area contributed by atoms with E-state index in [0.29, 0.717) is 30.1 Å². The Labute approximate surface area is 117 Å². The summed E-state index contributed by atoms with van der Waals surface area (Å²) in [5.74, 6) is 0.388. The Balaban J connectivity index is 2.59. The van der Waals surface area contributed by atoms with Crippen molar-refractivity contribution in [3.8, 4) is 0 Å². The van der Waals surface area contributed by atoms with Gasteiger partial charge in [0.1, 0.15) is 0 Å². The number of benzene rings is 1. The average molecular weight is 306 g/mol. The van der Waals surface area contributed by atoms with Gasteiger partial charge >= 0.3 is 0 Å². The molecule has 0 saturated heterocycles. The number of hydrogen-bond donors (Lipinski definition) is 3. The Hall–Kier alpha value is -1.31. The molecule has 0 bridgehead atoms. The molecule has 6 nitrogen and oxygen atoms in total. The maximum atomic E-state index is 11.6. The van der Waals surface area contributed by atoms with E-state index in [-0.39, 0.29) is 5.91 Å². The van der Waals surface area contributed by atoms with Gasteiger partial charge in [-0.05, 0) is 31.0 Å². The van der Waals surface area contributed by atoms with Crippen molar-refractivity contribution < 1.29 is 13.2 Å². The van der Waals surface area contributed by atoms with Crippen LogP contribution in [0.5, 0.6) is 0 Å². The molecule has 0 spiro atoms. The van der Waals surface area contributed by atoms with Gasteiger partial charge in [0.25, 0.3) is 10.2 Å². The monoisotopic (exact) mass is 305 g/mol. The second kappa shape index (κ2) is 7.32. The molecule has 0 aliphatic rings. The van der Waals surface area contributed by atoms with E-state index in [1.807, 2.05) is 0 Å². The summed E-state index contributed by atoms with van der Waals surface area (Å²) < 4.78 is 23.9. The van der Waals surface area contributed by atoms with E-state index in [9.17, 15) is 13.2 Å². The number of anilines is 2. The Morgan fingerprint density at radius 1 is 1.26 bits per heavy atom. The largest absolute Gasteiger partial charge is 0.326 e. The molecule has 0 unspecified atom stereocenters. The summed E-state index contributed by atoms with van der Waals surface area (Å²) >= 11 is 5.52. The van der Waals surface area contributed by atoms with Gasteiger partial charge in [-0.1, -0.05) is 6.07 Å². The predicted molar refractivity (Wildman–Crippen MR) is 76.4 cm³/mol. The highest BCUT2D eigenvalue weighted by molar-refractivity contribution is 7.90. The van der Waals surface area contributed by atoms with Gasteiger partial charge < -0.3 is 5.32 Å². The van der Waals surface area contributed by atoms with Crippen LogP contribution in [-0.4, -0.2) is 20.2 Å². The van der Waals surface area contributed by atoms with E-state index in [1.165, 1.54) is 12.1 Å². The zero-order valence-corrected chi connectivity index (χ0v) is 11.8. The molecule has 1 rings (SSSR count). The zero-order chi connectivity index (χ0) is 14.3. The Bertz CT molecular complexity index is 534. The maximum absolute atomic E-state index is 11.6. The number of rotatable bonds is 7. The van der Waals surface area contributed by atoms with E-state index in [2.05, 4.69) is 10.0 Å². The normalized spacial score (nSPS) is 11.1. The van der Waals surface area contributed by atoms with Crippen molar-refractivity contribution in [3.63, 3.8) is 0 Å². The fraction of sp³-hybridized carbons (Fsp3) is 0.364. The van der Waals surface area contributed by atoms with Crippen LogP contribution in [0.15, 0.2) is 24.3 Å². The van der Waals surface area contributed by atoms with Crippen LogP contribution in [0.3, 0.4) is 0 Å². The summed E-state index contributed by atoms with van der Waals surface area (Å²) in [7, 11) is -3.82. The minimum absolute atomic E-state index is 0.141. The number of amides is 1. The van der Waals surface area contributed by atoms with Crippen LogP contribution in [0.1, 0.15) is 19.3 Å². The lowest BCUT2D eigenvalue weighted by molar-refractivity contribution is -0.116. The molecule has 1 aromatic carbocycles. The lowest BCUT2D eigenvalue weighted by Gasteiger charge is -2.08. The number of alkyl halides is 1. The SMILES string of the molecule is NS(=O)(=O)Nc1cccc(NC(=O)CCCCCl)c1. The smallest absolute Gasteiger partial charge is 0.296 e. The highest BCUT2D eigenvalue weighted by Gasteiger charge is 2.05. The molecule has 0 radical (unpaired) electrons. The van der Waals surface area contributed by atoms with Crippen molar-refractivity contribution in [2.75, 3.05) is 15.9 Å². The molecular weight excluding hydrogens is 290 g/mol. The van der Waals surface area contributed by atoms with Crippen molar-refractivity contribution in [2.24, 2.45) is 5.14 Å². The van der Waals surface area contributed by atoms with Crippen molar-refractivity contribution >= 4 is 39.1 Å². The molecule has 4 N–H and O–H groups in total. The first-order valence-electron chi connectivity index (χ1n) is 5.67. The molecular formula is C11H16ClN3O3S. The fourth-order valence-corrected chi connectivity index (χ4v) is 2.07.